The van der Waals surface area contributed by atoms with Crippen molar-refractivity contribution < 1.29 is 0 Å². The van der Waals surface area contributed by atoms with E-state index in [0.717, 1.165) is 23.7 Å². The van der Waals surface area contributed by atoms with Crippen molar-refractivity contribution in [3.05, 3.63) is 52.4 Å². The van der Waals surface area contributed by atoms with Crippen LogP contribution < -0.4 is 4.90 Å². The molecule has 1 aliphatic rings. The van der Waals surface area contributed by atoms with Crippen LogP contribution in [0.5, 0.6) is 0 Å². The maximum atomic E-state index is 10.5. The first kappa shape index (κ1) is 15.2. The van der Waals surface area contributed by atoms with Gasteiger partial charge >= 0.3 is 0 Å². The molecule has 2 aromatic rings. The predicted molar refractivity (Wildman–Crippen MR) is 92.1 cm³/mol. The van der Waals surface area contributed by atoms with Crippen molar-refractivity contribution >= 4 is 34.7 Å². The van der Waals surface area contributed by atoms with E-state index in [1.165, 1.54) is 20.5 Å². The monoisotopic (exact) mass is 333 g/mol. The molecule has 0 spiro atoms. The summed E-state index contributed by atoms with van der Waals surface area (Å²) in [6, 6.07) is 14.3. The van der Waals surface area contributed by atoms with Crippen LogP contribution in [0.1, 0.15) is 6.42 Å². The first-order valence-corrected chi connectivity index (χ1v) is 8.27. The number of halogens is 1. The minimum absolute atomic E-state index is 0.630. The van der Waals surface area contributed by atoms with Gasteiger partial charge in [0.2, 0.25) is 0 Å². The van der Waals surface area contributed by atoms with Gasteiger partial charge in [-0.3, -0.25) is 5.01 Å². The van der Waals surface area contributed by atoms with Crippen LogP contribution in [0.4, 0.5) is 11.4 Å². The summed E-state index contributed by atoms with van der Waals surface area (Å²) in [5, 5.41) is 5.07. The molecule has 0 unspecified atom stereocenters. The van der Waals surface area contributed by atoms with Crippen molar-refractivity contribution in [1.29, 1.82) is 0 Å². The molecule has 3 rings (SSSR count). The normalized spacial score (nSPS) is 12.5. The van der Waals surface area contributed by atoms with Crippen molar-refractivity contribution in [3.8, 4) is 0 Å². The molecule has 1 heterocycles. The molecule has 0 saturated carbocycles. The number of para-hydroxylation sites is 1. The Morgan fingerprint density at radius 1 is 1.18 bits per heavy atom. The lowest BCUT2D eigenvalue weighted by molar-refractivity contribution is 0.345. The number of anilines is 2. The summed E-state index contributed by atoms with van der Waals surface area (Å²) in [5.74, 6) is 0. The zero-order chi connectivity index (χ0) is 15.5. The lowest BCUT2D eigenvalue weighted by Gasteiger charge is -2.33. The third-order valence-corrected chi connectivity index (χ3v) is 4.96. The minimum Gasteiger partial charge on any atom is -0.340 e. The number of fused-ring (bicyclic) bond motifs is 2. The second-order valence-corrected chi connectivity index (χ2v) is 6.67. The summed E-state index contributed by atoms with van der Waals surface area (Å²) in [4.78, 5) is 15.2. The maximum absolute atomic E-state index is 10.5. The van der Waals surface area contributed by atoms with E-state index < -0.39 is 0 Å². The molecule has 0 radical (unpaired) electrons. The lowest BCUT2D eigenvalue weighted by Crippen LogP contribution is -2.25. The third-order valence-electron chi connectivity index (χ3n) is 3.59. The van der Waals surface area contributed by atoms with Crippen LogP contribution in [0.25, 0.3) is 0 Å². The molecular weight excluding hydrogens is 318 g/mol. The standard InChI is InChI=1S/C16H16ClN3OS/c1-19(18-21)9-4-10-20-13-5-2-3-6-15(13)22-16-8-7-12(17)11-14(16)20/h2-3,5-8,11H,4,9-10H2,1H3. The highest BCUT2D eigenvalue weighted by molar-refractivity contribution is 7.99. The van der Waals surface area contributed by atoms with Crippen LogP contribution in [-0.4, -0.2) is 25.1 Å². The highest BCUT2D eigenvalue weighted by Gasteiger charge is 2.23. The fourth-order valence-electron chi connectivity index (χ4n) is 2.54. The van der Waals surface area contributed by atoms with E-state index in [4.69, 9.17) is 11.6 Å². The molecule has 2 aromatic carbocycles. The number of nitrogens with zero attached hydrogens (tertiary/aromatic N) is 3. The van der Waals surface area contributed by atoms with Crippen LogP contribution in [0.15, 0.2) is 57.5 Å². The zero-order valence-electron chi connectivity index (χ0n) is 12.2. The molecule has 0 amide bonds. The van der Waals surface area contributed by atoms with Crippen LogP contribution >= 0.6 is 23.4 Å². The van der Waals surface area contributed by atoms with E-state index in [9.17, 15) is 4.91 Å². The largest absolute Gasteiger partial charge is 0.340 e. The predicted octanol–water partition coefficient (Wildman–Crippen LogP) is 4.95. The van der Waals surface area contributed by atoms with Gasteiger partial charge in [-0.05, 0) is 36.8 Å². The quantitative estimate of drug-likeness (QED) is 0.573. The van der Waals surface area contributed by atoms with Crippen molar-refractivity contribution in [1.82, 2.24) is 5.01 Å². The number of hydrogen-bond donors (Lipinski definition) is 0. The number of hydrogen-bond acceptors (Lipinski definition) is 4. The second kappa shape index (κ2) is 6.58. The van der Waals surface area contributed by atoms with Gasteiger partial charge in [0.25, 0.3) is 0 Å². The first-order chi connectivity index (χ1) is 10.7. The molecule has 0 saturated heterocycles. The van der Waals surface area contributed by atoms with E-state index in [2.05, 4.69) is 34.5 Å². The molecule has 4 nitrogen and oxygen atoms in total. The van der Waals surface area contributed by atoms with Gasteiger partial charge in [0.05, 0.1) is 16.7 Å². The molecule has 0 fully saturated rings. The topological polar surface area (TPSA) is 35.9 Å². The fourth-order valence-corrected chi connectivity index (χ4v) is 3.78. The number of nitroso groups, excluding NO2 is 1. The van der Waals surface area contributed by atoms with Crippen molar-refractivity contribution in [3.63, 3.8) is 0 Å². The van der Waals surface area contributed by atoms with Crippen LogP contribution in [-0.2, 0) is 0 Å². The Labute approximate surface area is 139 Å². The average Bonchev–Trinajstić information content (AvgIpc) is 2.54. The van der Waals surface area contributed by atoms with E-state index in [1.807, 2.05) is 18.2 Å². The molecule has 0 aliphatic carbocycles. The zero-order valence-corrected chi connectivity index (χ0v) is 13.8. The molecule has 114 valence electrons. The Bertz CT molecular complexity index is 695. The molecule has 0 N–H and O–H groups in total. The van der Waals surface area contributed by atoms with E-state index in [1.54, 1.807) is 18.8 Å². The van der Waals surface area contributed by atoms with Crippen LogP contribution in [0.3, 0.4) is 0 Å². The highest BCUT2D eigenvalue weighted by atomic mass is 35.5. The summed E-state index contributed by atoms with van der Waals surface area (Å²) < 4.78 is 0. The van der Waals surface area contributed by atoms with E-state index >= 15 is 0 Å². The smallest absolute Gasteiger partial charge is 0.0567 e. The average molecular weight is 334 g/mol. The van der Waals surface area contributed by atoms with Gasteiger partial charge in [-0.15, -0.1) is 4.91 Å². The van der Waals surface area contributed by atoms with Gasteiger partial charge in [0.15, 0.2) is 0 Å². The van der Waals surface area contributed by atoms with Crippen molar-refractivity contribution in [2.75, 3.05) is 25.0 Å². The van der Waals surface area contributed by atoms with Crippen LogP contribution in [0, 0.1) is 4.91 Å². The minimum atomic E-state index is 0.630. The summed E-state index contributed by atoms with van der Waals surface area (Å²) in [7, 11) is 1.69. The van der Waals surface area contributed by atoms with Crippen molar-refractivity contribution in [2.24, 2.45) is 5.29 Å². The molecule has 0 bridgehead atoms. The highest BCUT2D eigenvalue weighted by Crippen LogP contribution is 2.48. The molecular formula is C16H16ClN3OS. The van der Waals surface area contributed by atoms with Gasteiger partial charge in [-0.25, -0.2) is 0 Å². The van der Waals surface area contributed by atoms with Crippen LogP contribution in [0.2, 0.25) is 5.02 Å². The summed E-state index contributed by atoms with van der Waals surface area (Å²) in [6.07, 6.45) is 0.840. The van der Waals surface area contributed by atoms with Gasteiger partial charge in [0.1, 0.15) is 0 Å². The van der Waals surface area contributed by atoms with E-state index in [-0.39, 0.29) is 0 Å². The Kier molecular flexibility index (Phi) is 4.55. The third kappa shape index (κ3) is 3.05. The number of rotatable bonds is 5. The number of benzene rings is 2. The lowest BCUT2D eigenvalue weighted by atomic mass is 10.2. The molecule has 0 atom stereocenters. The maximum Gasteiger partial charge on any atom is 0.0567 e. The molecule has 22 heavy (non-hydrogen) atoms. The van der Waals surface area contributed by atoms with Crippen molar-refractivity contribution in [2.45, 2.75) is 16.2 Å². The van der Waals surface area contributed by atoms with Gasteiger partial charge in [-0.1, -0.05) is 35.5 Å². The summed E-state index contributed by atoms with van der Waals surface area (Å²) >= 11 is 7.94. The van der Waals surface area contributed by atoms with Gasteiger partial charge in [0, 0.05) is 35.0 Å². The Hall–Kier alpha value is -1.72. The second-order valence-electron chi connectivity index (χ2n) is 5.15. The Morgan fingerprint density at radius 3 is 2.77 bits per heavy atom. The summed E-state index contributed by atoms with van der Waals surface area (Å²) in [5.41, 5.74) is 2.31. The molecule has 0 aromatic heterocycles. The molecule has 1 aliphatic heterocycles. The van der Waals surface area contributed by atoms with Gasteiger partial charge in [-0.2, -0.15) is 0 Å². The fraction of sp³-hybridized carbons (Fsp3) is 0.250. The van der Waals surface area contributed by atoms with E-state index in [0.29, 0.717) is 6.54 Å². The summed E-state index contributed by atoms with van der Waals surface area (Å²) in [6.45, 7) is 1.44. The van der Waals surface area contributed by atoms with Gasteiger partial charge < -0.3 is 4.90 Å². The Balaban J connectivity index is 1.90. The Morgan fingerprint density at radius 2 is 1.95 bits per heavy atom. The molecule has 6 heteroatoms. The SMILES string of the molecule is CN(CCCN1c2ccccc2Sc2ccc(Cl)cc21)N=O. The first-order valence-electron chi connectivity index (χ1n) is 7.07.